The van der Waals surface area contributed by atoms with Gasteiger partial charge in [0.05, 0.1) is 12.5 Å². The highest BCUT2D eigenvalue weighted by Crippen LogP contribution is 2.77. The van der Waals surface area contributed by atoms with E-state index < -0.39 is 0 Å². The van der Waals surface area contributed by atoms with E-state index in [1.165, 1.54) is 56.9 Å². The Kier molecular flexibility index (Phi) is 5.34. The standard InChI is InChI=1S/C31H50O2/c1-20(2)21-12-17-31(26(32)33-8)19-18-29(6)22(25(21)31)10-11-24-28(5)15-9-14-27(3,4)23(28)13-16-30(24,29)7/h21-25H,1,9-19H2,2-8H3/t21-,22+,23-,24+,25+,28-,29+,30+,31-/m0/s1. The highest BCUT2D eigenvalue weighted by Gasteiger charge is 2.71. The SMILES string of the molecule is C=C(C)[C@@H]1CC[C@]2(C(=O)OC)CC[C@]3(C)[C@H](CC[C@@H]4[C@@]5(C)CCCC(C)(C)[C@@H]5CC[C@]43C)[C@@H]12. The molecule has 5 aliphatic rings. The van der Waals surface area contributed by atoms with Crippen LogP contribution in [0.5, 0.6) is 0 Å². The van der Waals surface area contributed by atoms with Crippen molar-refractivity contribution in [3.05, 3.63) is 12.2 Å². The van der Waals surface area contributed by atoms with Crippen molar-refractivity contribution in [3.8, 4) is 0 Å². The fraction of sp³-hybridized carbons (Fsp3) is 0.903. The lowest BCUT2D eigenvalue weighted by Gasteiger charge is -2.72. The van der Waals surface area contributed by atoms with Gasteiger partial charge >= 0.3 is 5.97 Å². The van der Waals surface area contributed by atoms with Gasteiger partial charge in [-0.05, 0) is 122 Å². The summed E-state index contributed by atoms with van der Waals surface area (Å²) >= 11 is 0. The van der Waals surface area contributed by atoms with E-state index in [2.05, 4.69) is 48.1 Å². The maximum absolute atomic E-state index is 13.3. The first kappa shape index (κ1) is 23.9. The third kappa shape index (κ3) is 2.88. The second-order valence-corrected chi connectivity index (χ2v) is 14.7. The van der Waals surface area contributed by atoms with Crippen LogP contribution >= 0.6 is 0 Å². The Hall–Kier alpha value is -0.790. The quantitative estimate of drug-likeness (QED) is 0.310. The van der Waals surface area contributed by atoms with Crippen molar-refractivity contribution >= 4 is 5.97 Å². The minimum atomic E-state index is -0.264. The molecule has 5 fully saturated rings. The predicted octanol–water partition coefficient (Wildman–Crippen LogP) is 8.21. The second-order valence-electron chi connectivity index (χ2n) is 14.7. The van der Waals surface area contributed by atoms with Crippen LogP contribution in [0.4, 0.5) is 0 Å². The van der Waals surface area contributed by atoms with Crippen LogP contribution in [0.15, 0.2) is 12.2 Å². The first-order valence-corrected chi connectivity index (χ1v) is 14.1. The molecule has 0 bridgehead atoms. The molecule has 5 saturated carbocycles. The fourth-order valence-electron chi connectivity index (χ4n) is 11.8. The van der Waals surface area contributed by atoms with E-state index in [1.54, 1.807) is 7.11 Å². The summed E-state index contributed by atoms with van der Waals surface area (Å²) in [6, 6.07) is 0. The largest absolute Gasteiger partial charge is 0.469 e. The molecule has 0 spiro atoms. The predicted molar refractivity (Wildman–Crippen MR) is 136 cm³/mol. The Morgan fingerprint density at radius 3 is 2.21 bits per heavy atom. The number of allylic oxidation sites excluding steroid dienone is 1. The van der Waals surface area contributed by atoms with Crippen LogP contribution in [-0.4, -0.2) is 13.1 Å². The van der Waals surface area contributed by atoms with Gasteiger partial charge in [0.2, 0.25) is 0 Å². The van der Waals surface area contributed by atoms with E-state index in [1.807, 2.05) is 0 Å². The molecule has 0 N–H and O–H groups in total. The fourth-order valence-corrected chi connectivity index (χ4v) is 11.8. The van der Waals surface area contributed by atoms with E-state index >= 15 is 0 Å². The van der Waals surface area contributed by atoms with Crippen LogP contribution < -0.4 is 0 Å². The van der Waals surface area contributed by atoms with Crippen LogP contribution in [0.2, 0.25) is 0 Å². The lowest BCUT2D eigenvalue weighted by atomic mass is 9.32. The van der Waals surface area contributed by atoms with Gasteiger partial charge in [-0.25, -0.2) is 0 Å². The van der Waals surface area contributed by atoms with E-state index in [4.69, 9.17) is 4.74 Å². The minimum absolute atomic E-state index is 0.0790. The van der Waals surface area contributed by atoms with Crippen LogP contribution in [0.3, 0.4) is 0 Å². The van der Waals surface area contributed by atoms with Gasteiger partial charge in [0.15, 0.2) is 0 Å². The minimum Gasteiger partial charge on any atom is -0.469 e. The summed E-state index contributed by atoms with van der Waals surface area (Å²) in [5, 5.41) is 0. The van der Waals surface area contributed by atoms with E-state index in [9.17, 15) is 4.79 Å². The molecule has 2 heteroatoms. The smallest absolute Gasteiger partial charge is 0.312 e. The van der Waals surface area contributed by atoms with Gasteiger partial charge < -0.3 is 4.74 Å². The van der Waals surface area contributed by atoms with E-state index in [-0.39, 0.29) is 11.4 Å². The van der Waals surface area contributed by atoms with Crippen LogP contribution in [-0.2, 0) is 9.53 Å². The molecule has 0 aliphatic heterocycles. The number of rotatable bonds is 2. The zero-order valence-corrected chi connectivity index (χ0v) is 22.7. The molecular weight excluding hydrogens is 404 g/mol. The van der Waals surface area contributed by atoms with Crippen molar-refractivity contribution in [2.24, 2.45) is 56.7 Å². The molecule has 0 heterocycles. The summed E-state index contributed by atoms with van der Waals surface area (Å²) in [5.74, 6) is 3.29. The summed E-state index contributed by atoms with van der Waals surface area (Å²) in [6.45, 7) is 19.8. The average Bonchev–Trinajstić information content (AvgIpc) is 3.14. The summed E-state index contributed by atoms with van der Waals surface area (Å²) in [5.41, 5.74) is 2.68. The van der Waals surface area contributed by atoms with Gasteiger partial charge in [-0.1, -0.05) is 53.2 Å². The van der Waals surface area contributed by atoms with Gasteiger partial charge in [-0.15, -0.1) is 0 Å². The Balaban J connectivity index is 1.57. The summed E-state index contributed by atoms with van der Waals surface area (Å²) in [4.78, 5) is 13.3. The van der Waals surface area contributed by atoms with Crippen molar-refractivity contribution in [1.29, 1.82) is 0 Å². The zero-order chi connectivity index (χ0) is 24.0. The molecule has 0 aromatic carbocycles. The number of carbonyl (C=O) groups is 1. The summed E-state index contributed by atoms with van der Waals surface area (Å²) in [6.07, 6.45) is 14.0. The molecule has 0 aromatic heterocycles. The maximum Gasteiger partial charge on any atom is 0.312 e. The van der Waals surface area contributed by atoms with Crippen LogP contribution in [0, 0.1) is 56.7 Å². The van der Waals surface area contributed by atoms with Crippen molar-refractivity contribution in [2.45, 2.75) is 112 Å². The molecule has 9 atom stereocenters. The molecular formula is C31H50O2. The van der Waals surface area contributed by atoms with Gasteiger partial charge in [-0.3, -0.25) is 4.79 Å². The first-order chi connectivity index (χ1) is 15.4. The number of hydrogen-bond donors (Lipinski definition) is 0. The Morgan fingerprint density at radius 2 is 1.55 bits per heavy atom. The van der Waals surface area contributed by atoms with Crippen molar-refractivity contribution in [2.75, 3.05) is 7.11 Å². The molecule has 5 rings (SSSR count). The van der Waals surface area contributed by atoms with Crippen molar-refractivity contribution in [1.82, 2.24) is 0 Å². The lowest BCUT2D eigenvalue weighted by Crippen LogP contribution is -2.66. The lowest BCUT2D eigenvalue weighted by molar-refractivity contribution is -0.238. The first-order valence-electron chi connectivity index (χ1n) is 14.1. The van der Waals surface area contributed by atoms with Crippen molar-refractivity contribution < 1.29 is 9.53 Å². The van der Waals surface area contributed by atoms with Gasteiger partial charge in [0.25, 0.3) is 0 Å². The Morgan fingerprint density at radius 1 is 0.818 bits per heavy atom. The monoisotopic (exact) mass is 454 g/mol. The maximum atomic E-state index is 13.3. The molecule has 0 radical (unpaired) electrons. The second kappa shape index (κ2) is 7.36. The number of methoxy groups -OCH3 is 1. The summed E-state index contributed by atoms with van der Waals surface area (Å²) < 4.78 is 5.51. The third-order valence-electron chi connectivity index (χ3n) is 13.4. The number of esters is 1. The molecule has 2 nitrogen and oxygen atoms in total. The highest BCUT2D eigenvalue weighted by atomic mass is 16.5. The van der Waals surface area contributed by atoms with E-state index in [0.717, 1.165) is 31.1 Å². The molecule has 33 heavy (non-hydrogen) atoms. The van der Waals surface area contributed by atoms with Crippen molar-refractivity contribution in [3.63, 3.8) is 0 Å². The summed E-state index contributed by atoms with van der Waals surface area (Å²) in [7, 11) is 1.61. The Bertz CT molecular complexity index is 842. The van der Waals surface area contributed by atoms with E-state index in [0.29, 0.717) is 39.4 Å². The third-order valence-corrected chi connectivity index (χ3v) is 13.4. The van der Waals surface area contributed by atoms with Gasteiger partial charge in [-0.2, -0.15) is 0 Å². The number of carbonyl (C=O) groups excluding carboxylic acids is 1. The highest BCUT2D eigenvalue weighted by molar-refractivity contribution is 5.78. The average molecular weight is 455 g/mol. The van der Waals surface area contributed by atoms with Crippen LogP contribution in [0.1, 0.15) is 112 Å². The zero-order valence-electron chi connectivity index (χ0n) is 22.7. The van der Waals surface area contributed by atoms with Gasteiger partial charge in [0.1, 0.15) is 0 Å². The molecule has 0 amide bonds. The van der Waals surface area contributed by atoms with Crippen LogP contribution in [0.25, 0.3) is 0 Å². The molecule has 5 aliphatic carbocycles. The van der Waals surface area contributed by atoms with Gasteiger partial charge in [0, 0.05) is 0 Å². The molecule has 186 valence electrons. The Labute approximate surface area is 203 Å². The topological polar surface area (TPSA) is 26.3 Å². The molecule has 0 saturated heterocycles. The molecule has 0 unspecified atom stereocenters. The number of ether oxygens (including phenoxy) is 1. The number of hydrogen-bond acceptors (Lipinski definition) is 2. The number of fused-ring (bicyclic) bond motifs is 7. The molecule has 0 aromatic rings. The normalized spacial score (nSPS) is 52.6.